The van der Waals surface area contributed by atoms with Crippen LogP contribution in [-0.4, -0.2) is 38.9 Å². The highest BCUT2D eigenvalue weighted by Gasteiger charge is 2.25. The van der Waals surface area contributed by atoms with E-state index in [1.807, 2.05) is 4.90 Å². The van der Waals surface area contributed by atoms with E-state index in [4.69, 9.17) is 23.2 Å². The van der Waals surface area contributed by atoms with Gasteiger partial charge in [-0.3, -0.25) is 4.79 Å². The Morgan fingerprint density at radius 2 is 1.76 bits per heavy atom. The molecule has 2 heterocycles. The normalized spacial score (nSPS) is 16.2. The number of halogens is 2. The van der Waals surface area contributed by atoms with Gasteiger partial charge in [0, 0.05) is 18.7 Å². The minimum absolute atomic E-state index is 0.0135. The molecule has 0 spiro atoms. The third-order valence-electron chi connectivity index (χ3n) is 3.68. The van der Waals surface area contributed by atoms with Crippen molar-refractivity contribution in [3.8, 4) is 0 Å². The summed E-state index contributed by atoms with van der Waals surface area (Å²) >= 11 is 11.8. The van der Waals surface area contributed by atoms with Crippen LogP contribution < -0.4 is 0 Å². The molecular weight excluding hydrogens is 311 g/mol. The van der Waals surface area contributed by atoms with Gasteiger partial charge in [-0.15, -0.1) is 0 Å². The molecule has 0 bridgehead atoms. The average molecular weight is 325 g/mol. The number of amides is 1. The van der Waals surface area contributed by atoms with E-state index in [1.54, 1.807) is 35.4 Å². The Morgan fingerprint density at radius 1 is 1.10 bits per heavy atom. The summed E-state index contributed by atoms with van der Waals surface area (Å²) in [5.41, 5.74) is 0.570. The molecule has 0 aliphatic carbocycles. The Morgan fingerprint density at radius 3 is 2.38 bits per heavy atom. The van der Waals surface area contributed by atoms with Crippen molar-refractivity contribution in [1.29, 1.82) is 0 Å². The molecule has 0 N–H and O–H groups in total. The predicted octanol–water partition coefficient (Wildman–Crippen LogP) is 3.06. The summed E-state index contributed by atoms with van der Waals surface area (Å²) < 4.78 is 0. The third-order valence-corrected chi connectivity index (χ3v) is 4.42. The molecule has 1 aromatic carbocycles. The number of piperidine rings is 1. The fraction of sp³-hybridized carbons (Fsp3) is 0.357. The van der Waals surface area contributed by atoms with Crippen LogP contribution >= 0.6 is 23.2 Å². The van der Waals surface area contributed by atoms with Crippen molar-refractivity contribution in [2.75, 3.05) is 13.1 Å². The van der Waals surface area contributed by atoms with Gasteiger partial charge in [-0.05, 0) is 31.0 Å². The van der Waals surface area contributed by atoms with Crippen molar-refractivity contribution >= 4 is 29.1 Å². The van der Waals surface area contributed by atoms with Crippen molar-refractivity contribution in [3.05, 3.63) is 46.2 Å². The highest BCUT2D eigenvalue weighted by molar-refractivity contribution is 6.42. The Kier molecular flexibility index (Phi) is 4.12. The van der Waals surface area contributed by atoms with Crippen molar-refractivity contribution in [2.45, 2.75) is 18.9 Å². The molecule has 1 amide bonds. The van der Waals surface area contributed by atoms with E-state index in [0.29, 0.717) is 28.7 Å². The standard InChI is InChI=1S/C14H14Cl2N4O/c15-12-2-1-10(9-13(12)16)14(21)19-7-3-11(4-8-19)20-17-5-6-18-20/h1-2,5-6,9,11H,3-4,7-8H2. The number of nitrogens with zero attached hydrogens (tertiary/aromatic N) is 4. The molecule has 7 heteroatoms. The first-order valence-corrected chi connectivity index (χ1v) is 7.51. The van der Waals surface area contributed by atoms with Crippen LogP contribution in [0, 0.1) is 0 Å². The van der Waals surface area contributed by atoms with Gasteiger partial charge < -0.3 is 4.90 Å². The van der Waals surface area contributed by atoms with Crippen LogP contribution in [0.25, 0.3) is 0 Å². The Bertz CT molecular complexity index is 636. The maximum absolute atomic E-state index is 12.4. The van der Waals surface area contributed by atoms with Gasteiger partial charge in [0.25, 0.3) is 5.91 Å². The maximum atomic E-state index is 12.4. The van der Waals surface area contributed by atoms with E-state index in [1.165, 1.54) is 0 Å². The van der Waals surface area contributed by atoms with E-state index in [9.17, 15) is 4.79 Å². The van der Waals surface area contributed by atoms with Gasteiger partial charge in [-0.25, -0.2) is 0 Å². The van der Waals surface area contributed by atoms with Crippen LogP contribution in [0.3, 0.4) is 0 Å². The minimum atomic E-state index is -0.0135. The lowest BCUT2D eigenvalue weighted by atomic mass is 10.0. The quantitative estimate of drug-likeness (QED) is 0.853. The van der Waals surface area contributed by atoms with Gasteiger partial charge in [-0.1, -0.05) is 23.2 Å². The second-order valence-electron chi connectivity index (χ2n) is 5.00. The zero-order chi connectivity index (χ0) is 14.8. The minimum Gasteiger partial charge on any atom is -0.338 e. The zero-order valence-electron chi connectivity index (χ0n) is 11.2. The smallest absolute Gasteiger partial charge is 0.253 e. The topological polar surface area (TPSA) is 51.0 Å². The molecule has 1 fully saturated rings. The second kappa shape index (κ2) is 6.03. The lowest BCUT2D eigenvalue weighted by molar-refractivity contribution is 0.0684. The van der Waals surface area contributed by atoms with Gasteiger partial charge in [0.15, 0.2) is 0 Å². The summed E-state index contributed by atoms with van der Waals surface area (Å²) in [7, 11) is 0. The van der Waals surface area contributed by atoms with Crippen LogP contribution in [0.4, 0.5) is 0 Å². The highest BCUT2D eigenvalue weighted by atomic mass is 35.5. The van der Waals surface area contributed by atoms with E-state index >= 15 is 0 Å². The molecule has 2 aromatic rings. The molecule has 21 heavy (non-hydrogen) atoms. The first-order chi connectivity index (χ1) is 10.1. The monoisotopic (exact) mass is 324 g/mol. The van der Waals surface area contributed by atoms with Gasteiger partial charge in [0.05, 0.1) is 28.5 Å². The van der Waals surface area contributed by atoms with Crippen molar-refractivity contribution < 1.29 is 4.79 Å². The van der Waals surface area contributed by atoms with Crippen LogP contribution in [0.1, 0.15) is 29.2 Å². The van der Waals surface area contributed by atoms with Gasteiger partial charge in [0.1, 0.15) is 0 Å². The molecule has 1 aliphatic heterocycles. The Hall–Kier alpha value is -1.59. The largest absolute Gasteiger partial charge is 0.338 e. The van der Waals surface area contributed by atoms with E-state index in [-0.39, 0.29) is 11.9 Å². The highest BCUT2D eigenvalue weighted by Crippen LogP contribution is 2.25. The summed E-state index contributed by atoms with van der Waals surface area (Å²) in [6, 6.07) is 5.24. The van der Waals surface area contributed by atoms with Crippen LogP contribution in [0.5, 0.6) is 0 Å². The van der Waals surface area contributed by atoms with Gasteiger partial charge >= 0.3 is 0 Å². The van der Waals surface area contributed by atoms with E-state index < -0.39 is 0 Å². The molecule has 1 aromatic heterocycles. The fourth-order valence-electron chi connectivity index (χ4n) is 2.53. The molecule has 0 unspecified atom stereocenters. The number of carbonyl (C=O) groups excluding carboxylic acids is 1. The lowest BCUT2D eigenvalue weighted by Gasteiger charge is -2.31. The Balaban J connectivity index is 1.66. The molecular formula is C14H14Cl2N4O. The molecule has 1 saturated heterocycles. The van der Waals surface area contributed by atoms with Crippen LogP contribution in [0.15, 0.2) is 30.6 Å². The zero-order valence-corrected chi connectivity index (χ0v) is 12.8. The molecule has 0 saturated carbocycles. The number of rotatable bonds is 2. The number of hydrogen-bond acceptors (Lipinski definition) is 3. The van der Waals surface area contributed by atoms with Crippen LogP contribution in [0.2, 0.25) is 10.0 Å². The van der Waals surface area contributed by atoms with Gasteiger partial charge in [-0.2, -0.15) is 15.0 Å². The summed E-state index contributed by atoms with van der Waals surface area (Å²) in [4.78, 5) is 16.0. The first-order valence-electron chi connectivity index (χ1n) is 6.75. The first kappa shape index (κ1) is 14.4. The second-order valence-corrected chi connectivity index (χ2v) is 5.82. The Labute approximate surface area is 132 Å². The number of carbonyl (C=O) groups is 1. The third kappa shape index (κ3) is 3.04. The molecule has 5 nitrogen and oxygen atoms in total. The molecule has 1 aliphatic rings. The van der Waals surface area contributed by atoms with E-state index in [0.717, 1.165) is 12.8 Å². The van der Waals surface area contributed by atoms with Gasteiger partial charge in [0.2, 0.25) is 0 Å². The number of likely N-dealkylation sites (tertiary alicyclic amines) is 1. The maximum Gasteiger partial charge on any atom is 0.253 e. The van der Waals surface area contributed by atoms with E-state index in [2.05, 4.69) is 10.2 Å². The summed E-state index contributed by atoms with van der Waals surface area (Å²) in [6.07, 6.45) is 5.05. The lowest BCUT2D eigenvalue weighted by Crippen LogP contribution is -2.39. The summed E-state index contributed by atoms with van der Waals surface area (Å²) in [5, 5.41) is 9.17. The number of hydrogen-bond donors (Lipinski definition) is 0. The molecule has 110 valence electrons. The number of benzene rings is 1. The average Bonchev–Trinajstić information content (AvgIpc) is 3.04. The summed E-state index contributed by atoms with van der Waals surface area (Å²) in [5.74, 6) is -0.0135. The van der Waals surface area contributed by atoms with Crippen molar-refractivity contribution in [2.24, 2.45) is 0 Å². The predicted molar refractivity (Wildman–Crippen MR) is 80.7 cm³/mol. The SMILES string of the molecule is O=C(c1ccc(Cl)c(Cl)c1)N1CCC(n2nccn2)CC1. The van der Waals surface area contributed by atoms with Crippen molar-refractivity contribution in [3.63, 3.8) is 0 Å². The number of aromatic nitrogens is 3. The van der Waals surface area contributed by atoms with Crippen LogP contribution in [-0.2, 0) is 0 Å². The molecule has 0 atom stereocenters. The van der Waals surface area contributed by atoms with Crippen molar-refractivity contribution in [1.82, 2.24) is 19.9 Å². The summed E-state index contributed by atoms with van der Waals surface area (Å²) in [6.45, 7) is 1.37. The molecule has 0 radical (unpaired) electrons. The molecule has 3 rings (SSSR count). The fourth-order valence-corrected chi connectivity index (χ4v) is 2.82.